The van der Waals surface area contributed by atoms with Gasteiger partial charge in [0.15, 0.2) is 23.1 Å². The normalized spacial score (nSPS) is 32.7. The Balaban J connectivity index is 2.67. The zero-order valence-electron chi connectivity index (χ0n) is 5.06. The van der Waals surface area contributed by atoms with Crippen LogP contribution in [0.1, 0.15) is 0 Å². The van der Waals surface area contributed by atoms with Crippen LogP contribution in [0.2, 0.25) is 0 Å². The van der Waals surface area contributed by atoms with Gasteiger partial charge in [0.1, 0.15) is 0 Å². The van der Waals surface area contributed by atoms with Gasteiger partial charge in [0.05, 0.1) is 6.61 Å². The molecule has 2 atom stereocenters. The second kappa shape index (κ2) is 2.69. The van der Waals surface area contributed by atoms with E-state index >= 15 is 0 Å². The molecular formula is C5H8O4S. The molecular weight excluding hydrogens is 156 g/mol. The zero-order valence-corrected chi connectivity index (χ0v) is 5.95. The minimum atomic E-state index is -1.14. The highest BCUT2D eigenvalue weighted by atomic mass is 32.1. The minimum Gasteiger partial charge on any atom is -0.506 e. The van der Waals surface area contributed by atoms with Gasteiger partial charge in [-0.1, -0.05) is 0 Å². The van der Waals surface area contributed by atoms with E-state index < -0.39 is 12.2 Å². The number of hydrogen-bond donors (Lipinski definition) is 4. The number of aliphatic hydroxyl groups is 3. The van der Waals surface area contributed by atoms with Gasteiger partial charge in [-0.2, -0.15) is 0 Å². The van der Waals surface area contributed by atoms with Crippen molar-refractivity contribution in [2.45, 2.75) is 12.2 Å². The van der Waals surface area contributed by atoms with Crippen molar-refractivity contribution < 1.29 is 20.1 Å². The Morgan fingerprint density at radius 2 is 2.20 bits per heavy atom. The fraction of sp³-hybridized carbons (Fsp3) is 0.600. The summed E-state index contributed by atoms with van der Waals surface area (Å²) in [4.78, 5) is 0. The first-order valence-corrected chi connectivity index (χ1v) is 3.19. The van der Waals surface area contributed by atoms with E-state index in [1.807, 2.05) is 0 Å². The van der Waals surface area contributed by atoms with Crippen molar-refractivity contribution >= 4 is 12.6 Å². The van der Waals surface area contributed by atoms with Gasteiger partial charge >= 0.3 is 0 Å². The number of ether oxygens (including phenoxy) is 1. The molecule has 0 saturated carbocycles. The SMILES string of the molecule is OC[C@H]1OC(S)=C(O)[C@H]1O. The molecule has 1 heterocycles. The van der Waals surface area contributed by atoms with Crippen LogP contribution in [0.15, 0.2) is 10.9 Å². The van der Waals surface area contributed by atoms with Gasteiger partial charge in [-0.25, -0.2) is 0 Å². The molecule has 1 aliphatic rings. The van der Waals surface area contributed by atoms with E-state index in [0.717, 1.165) is 0 Å². The van der Waals surface area contributed by atoms with Gasteiger partial charge in [0.2, 0.25) is 0 Å². The third-order valence-electron chi connectivity index (χ3n) is 1.29. The predicted molar refractivity (Wildman–Crippen MR) is 36.6 cm³/mol. The fourth-order valence-electron chi connectivity index (χ4n) is 0.708. The Morgan fingerprint density at radius 1 is 1.60 bits per heavy atom. The molecule has 0 unspecified atom stereocenters. The highest BCUT2D eigenvalue weighted by Gasteiger charge is 2.33. The van der Waals surface area contributed by atoms with Crippen molar-refractivity contribution in [3.8, 4) is 0 Å². The van der Waals surface area contributed by atoms with Crippen molar-refractivity contribution in [1.82, 2.24) is 0 Å². The van der Waals surface area contributed by atoms with E-state index in [2.05, 4.69) is 12.6 Å². The summed E-state index contributed by atoms with van der Waals surface area (Å²) in [6.07, 6.45) is -1.91. The van der Waals surface area contributed by atoms with E-state index in [1.165, 1.54) is 0 Å². The molecule has 0 spiro atoms. The largest absolute Gasteiger partial charge is 0.506 e. The van der Waals surface area contributed by atoms with Gasteiger partial charge in [0.25, 0.3) is 0 Å². The van der Waals surface area contributed by atoms with E-state index in [1.54, 1.807) is 0 Å². The van der Waals surface area contributed by atoms with Crippen molar-refractivity contribution in [2.24, 2.45) is 0 Å². The quantitative estimate of drug-likeness (QED) is 0.390. The molecule has 0 aromatic heterocycles. The lowest BCUT2D eigenvalue weighted by molar-refractivity contribution is 0.00912. The van der Waals surface area contributed by atoms with Crippen LogP contribution in [0.4, 0.5) is 0 Å². The Bertz CT molecular complexity index is 167. The van der Waals surface area contributed by atoms with Crippen LogP contribution in [0.5, 0.6) is 0 Å². The number of aliphatic hydroxyl groups excluding tert-OH is 3. The van der Waals surface area contributed by atoms with Crippen LogP contribution >= 0.6 is 12.6 Å². The molecule has 1 rings (SSSR count). The van der Waals surface area contributed by atoms with E-state index in [-0.39, 0.29) is 17.5 Å². The Kier molecular flexibility index (Phi) is 2.08. The molecule has 10 heavy (non-hydrogen) atoms. The summed E-state index contributed by atoms with van der Waals surface area (Å²) < 4.78 is 4.73. The molecule has 0 bridgehead atoms. The first-order valence-electron chi connectivity index (χ1n) is 2.74. The van der Waals surface area contributed by atoms with Crippen molar-refractivity contribution in [3.63, 3.8) is 0 Å². The summed E-state index contributed by atoms with van der Waals surface area (Å²) >= 11 is 3.70. The van der Waals surface area contributed by atoms with Gasteiger partial charge in [-0.05, 0) is 0 Å². The lowest BCUT2D eigenvalue weighted by atomic mass is 10.2. The van der Waals surface area contributed by atoms with Crippen LogP contribution in [0.25, 0.3) is 0 Å². The minimum absolute atomic E-state index is 0.0217. The molecule has 0 saturated heterocycles. The van der Waals surface area contributed by atoms with Crippen LogP contribution < -0.4 is 0 Å². The summed E-state index contributed by atoms with van der Waals surface area (Å²) in [5.74, 6) is -0.317. The number of thiol groups is 1. The summed E-state index contributed by atoms with van der Waals surface area (Å²) in [5, 5.41) is 26.4. The lowest BCUT2D eigenvalue weighted by Gasteiger charge is -2.10. The monoisotopic (exact) mass is 164 g/mol. The van der Waals surface area contributed by atoms with Gasteiger partial charge in [0, 0.05) is 0 Å². The maximum atomic E-state index is 8.99. The van der Waals surface area contributed by atoms with Crippen molar-refractivity contribution in [1.29, 1.82) is 0 Å². The smallest absolute Gasteiger partial charge is 0.191 e. The topological polar surface area (TPSA) is 69.9 Å². The first kappa shape index (κ1) is 7.71. The van der Waals surface area contributed by atoms with E-state index in [0.29, 0.717) is 0 Å². The molecule has 0 radical (unpaired) electrons. The van der Waals surface area contributed by atoms with E-state index in [9.17, 15) is 0 Å². The molecule has 0 aliphatic carbocycles. The number of rotatable bonds is 1. The molecule has 5 heteroatoms. The molecule has 0 aromatic rings. The second-order valence-electron chi connectivity index (χ2n) is 1.97. The Labute approximate surface area is 63.2 Å². The van der Waals surface area contributed by atoms with Crippen LogP contribution in [-0.2, 0) is 4.74 Å². The summed E-state index contributed by atoms with van der Waals surface area (Å²) in [5.41, 5.74) is 0. The molecule has 3 N–H and O–H groups in total. The average Bonchev–Trinajstić information content (AvgIpc) is 2.17. The van der Waals surface area contributed by atoms with Crippen LogP contribution in [0, 0.1) is 0 Å². The molecule has 1 aliphatic heterocycles. The fourth-order valence-corrected chi connectivity index (χ4v) is 0.976. The third-order valence-corrected chi connectivity index (χ3v) is 1.63. The maximum absolute atomic E-state index is 8.99. The zero-order chi connectivity index (χ0) is 7.72. The maximum Gasteiger partial charge on any atom is 0.191 e. The summed E-state index contributed by atoms with van der Waals surface area (Å²) in [6, 6.07) is 0. The highest BCUT2D eigenvalue weighted by Crippen LogP contribution is 2.25. The number of hydrogen-bond acceptors (Lipinski definition) is 5. The molecule has 58 valence electrons. The Morgan fingerprint density at radius 3 is 2.40 bits per heavy atom. The van der Waals surface area contributed by atoms with Crippen LogP contribution in [0.3, 0.4) is 0 Å². The van der Waals surface area contributed by atoms with Gasteiger partial charge in [-0.15, -0.1) is 12.6 Å². The first-order chi connectivity index (χ1) is 4.66. The molecule has 0 amide bonds. The molecule has 0 fully saturated rings. The second-order valence-corrected chi connectivity index (χ2v) is 2.38. The highest BCUT2D eigenvalue weighted by molar-refractivity contribution is 7.84. The summed E-state index contributed by atoms with van der Waals surface area (Å²) in [7, 11) is 0. The standard InChI is InChI=1S/C5H8O4S/c6-1-2-3(7)4(8)5(10)9-2/h2-3,6-8,10H,1H2/t2-,3+/m1/s1. The molecule has 0 aromatic carbocycles. The van der Waals surface area contributed by atoms with Gasteiger partial charge < -0.3 is 20.1 Å². The van der Waals surface area contributed by atoms with Crippen LogP contribution in [-0.4, -0.2) is 34.1 Å². The summed E-state index contributed by atoms with van der Waals surface area (Å²) in [6.45, 7) is -0.338. The van der Waals surface area contributed by atoms with E-state index in [4.69, 9.17) is 20.1 Å². The van der Waals surface area contributed by atoms with Crippen molar-refractivity contribution in [2.75, 3.05) is 6.61 Å². The molecule has 4 nitrogen and oxygen atoms in total. The average molecular weight is 164 g/mol. The Hall–Kier alpha value is -0.390. The van der Waals surface area contributed by atoms with Gasteiger partial charge in [-0.3, -0.25) is 0 Å². The van der Waals surface area contributed by atoms with Crippen molar-refractivity contribution in [3.05, 3.63) is 10.9 Å². The lowest BCUT2D eigenvalue weighted by Crippen LogP contribution is -2.27. The predicted octanol–water partition coefficient (Wildman–Crippen LogP) is -0.605. The third kappa shape index (κ3) is 1.07.